The number of benzene rings is 2. The molecule has 0 amide bonds. The van der Waals surface area contributed by atoms with Gasteiger partial charge in [0, 0.05) is 19.1 Å². The van der Waals surface area contributed by atoms with Crippen molar-refractivity contribution in [3.05, 3.63) is 53.6 Å². The van der Waals surface area contributed by atoms with Crippen LogP contribution in [0, 0.1) is 0 Å². The van der Waals surface area contributed by atoms with E-state index in [2.05, 4.69) is 6.92 Å². The normalized spacial score (nSPS) is 11.4. The van der Waals surface area contributed by atoms with Crippen molar-refractivity contribution >= 4 is 22.2 Å². The molecule has 0 saturated carbocycles. The molecule has 0 atom stereocenters. The molecule has 0 aliphatic rings. The van der Waals surface area contributed by atoms with Crippen LogP contribution < -0.4 is 18.4 Å². The van der Waals surface area contributed by atoms with E-state index in [1.54, 1.807) is 30.3 Å². The van der Waals surface area contributed by atoms with Crippen LogP contribution in [0.15, 0.2) is 42.5 Å². The van der Waals surface area contributed by atoms with Crippen molar-refractivity contribution in [1.29, 1.82) is 0 Å². The zero-order valence-corrected chi connectivity index (χ0v) is 22.7. The van der Waals surface area contributed by atoms with Gasteiger partial charge in [-0.2, -0.15) is 8.42 Å². The van der Waals surface area contributed by atoms with Gasteiger partial charge in [-0.25, -0.2) is 4.79 Å². The van der Waals surface area contributed by atoms with Gasteiger partial charge in [0.25, 0.3) is 0 Å². The molecule has 10 heteroatoms. The summed E-state index contributed by atoms with van der Waals surface area (Å²) < 4.78 is 55.2. The third kappa shape index (κ3) is 11.6. The lowest BCUT2D eigenvalue weighted by Crippen LogP contribution is -2.08. The van der Waals surface area contributed by atoms with Crippen LogP contribution in [0.3, 0.4) is 0 Å². The number of rotatable bonds is 17. The summed E-state index contributed by atoms with van der Waals surface area (Å²) in [4.78, 5) is 11.9. The van der Waals surface area contributed by atoms with E-state index < -0.39 is 16.1 Å². The van der Waals surface area contributed by atoms with E-state index >= 15 is 0 Å². The highest BCUT2D eigenvalue weighted by atomic mass is 32.2. The van der Waals surface area contributed by atoms with E-state index in [0.29, 0.717) is 50.1 Å². The average Bonchev–Trinajstić information content (AvgIpc) is 2.86. The van der Waals surface area contributed by atoms with Crippen molar-refractivity contribution in [1.82, 2.24) is 0 Å². The lowest BCUT2D eigenvalue weighted by Gasteiger charge is -2.14. The van der Waals surface area contributed by atoms with Crippen LogP contribution in [0.25, 0.3) is 6.08 Å². The fourth-order valence-electron chi connectivity index (χ4n) is 3.12. The van der Waals surface area contributed by atoms with Crippen molar-refractivity contribution in [3.63, 3.8) is 0 Å². The summed E-state index contributed by atoms with van der Waals surface area (Å²) in [6.07, 6.45) is 6.43. The Morgan fingerprint density at radius 2 is 1.65 bits per heavy atom. The Bertz CT molecular complexity index is 1130. The van der Waals surface area contributed by atoms with Crippen LogP contribution in [0.5, 0.6) is 23.0 Å². The molecule has 0 aliphatic heterocycles. The molecule has 0 unspecified atom stereocenters. The molecule has 37 heavy (non-hydrogen) atoms. The summed E-state index contributed by atoms with van der Waals surface area (Å²) in [6, 6.07) is 10.5. The smallest absolute Gasteiger partial charge is 0.330 e. The Morgan fingerprint density at radius 3 is 2.35 bits per heavy atom. The van der Waals surface area contributed by atoms with Crippen LogP contribution in [-0.4, -0.2) is 60.8 Å². The Labute approximate surface area is 219 Å². The average molecular weight is 537 g/mol. The topological polar surface area (TPSA) is 107 Å². The second kappa shape index (κ2) is 15.8. The second-order valence-corrected chi connectivity index (χ2v) is 9.55. The summed E-state index contributed by atoms with van der Waals surface area (Å²) in [5.74, 6) is 1.16. The molecule has 0 aliphatic carbocycles. The number of methoxy groups -OCH3 is 1. The van der Waals surface area contributed by atoms with E-state index in [1.165, 1.54) is 13.2 Å². The number of hydrogen-bond donors (Lipinski definition) is 0. The summed E-state index contributed by atoms with van der Waals surface area (Å²) in [6.45, 7) is 5.99. The Hall–Kier alpha value is -3.24. The first-order chi connectivity index (χ1) is 17.8. The second-order valence-electron chi connectivity index (χ2n) is 7.98. The number of carbonyl (C=O) groups is 1. The minimum Gasteiger partial charge on any atom is -0.493 e. The van der Waals surface area contributed by atoms with Crippen LogP contribution in [-0.2, 0) is 30.8 Å². The first kappa shape index (κ1) is 30.0. The van der Waals surface area contributed by atoms with Gasteiger partial charge in [-0.1, -0.05) is 25.5 Å². The highest BCUT2D eigenvalue weighted by molar-refractivity contribution is 7.86. The molecular weight excluding hydrogens is 500 g/mol. The van der Waals surface area contributed by atoms with E-state index in [-0.39, 0.29) is 12.4 Å². The van der Waals surface area contributed by atoms with Gasteiger partial charge >= 0.3 is 16.1 Å². The molecular formula is C27H36O9S. The van der Waals surface area contributed by atoms with E-state index in [9.17, 15) is 13.2 Å². The maximum Gasteiger partial charge on any atom is 0.330 e. The molecule has 0 aromatic heterocycles. The first-order valence-corrected chi connectivity index (χ1v) is 14.0. The van der Waals surface area contributed by atoms with Gasteiger partial charge in [0.1, 0.15) is 6.61 Å². The maximum absolute atomic E-state index is 11.9. The molecule has 0 radical (unpaired) electrons. The highest BCUT2D eigenvalue weighted by Gasteiger charge is 2.12. The number of ether oxygens (including phenoxy) is 5. The molecule has 0 N–H and O–H groups in total. The lowest BCUT2D eigenvalue weighted by atomic mass is 10.1. The van der Waals surface area contributed by atoms with Crippen molar-refractivity contribution in [3.8, 4) is 23.0 Å². The molecule has 0 bridgehead atoms. The van der Waals surface area contributed by atoms with E-state index in [0.717, 1.165) is 30.2 Å². The molecule has 9 nitrogen and oxygen atoms in total. The number of hydrogen-bond acceptors (Lipinski definition) is 9. The minimum atomic E-state index is -3.66. The fraction of sp³-hybridized carbons (Fsp3) is 0.444. The molecule has 0 fully saturated rings. The van der Waals surface area contributed by atoms with Gasteiger partial charge in [0.05, 0.1) is 33.2 Å². The van der Waals surface area contributed by atoms with Gasteiger partial charge < -0.3 is 27.9 Å². The third-order valence-corrected chi connectivity index (χ3v) is 5.41. The minimum absolute atomic E-state index is 0.128. The summed E-state index contributed by atoms with van der Waals surface area (Å²) in [5, 5.41) is 0. The van der Waals surface area contributed by atoms with Crippen LogP contribution >= 0.6 is 0 Å². The molecule has 0 spiro atoms. The van der Waals surface area contributed by atoms with Gasteiger partial charge in [-0.15, -0.1) is 0 Å². The maximum atomic E-state index is 11.9. The Morgan fingerprint density at radius 1 is 0.892 bits per heavy atom. The predicted octanol–water partition coefficient (Wildman–Crippen LogP) is 4.43. The zero-order chi connectivity index (χ0) is 27.1. The van der Waals surface area contributed by atoms with Crippen LogP contribution in [0.1, 0.15) is 37.8 Å². The summed E-state index contributed by atoms with van der Waals surface area (Å²) in [5.41, 5.74) is 1.65. The van der Waals surface area contributed by atoms with Crippen LogP contribution in [0.4, 0.5) is 0 Å². The molecule has 2 aromatic rings. The Kier molecular flexibility index (Phi) is 12.8. The molecule has 0 saturated heterocycles. The number of unbranched alkanes of at least 4 members (excludes halogenated alkanes) is 1. The van der Waals surface area contributed by atoms with E-state index in [1.807, 2.05) is 19.1 Å². The van der Waals surface area contributed by atoms with E-state index in [4.69, 9.17) is 27.9 Å². The van der Waals surface area contributed by atoms with Gasteiger partial charge in [0.2, 0.25) is 0 Å². The largest absolute Gasteiger partial charge is 0.493 e. The number of esters is 1. The van der Waals surface area contributed by atoms with Crippen LogP contribution in [0.2, 0.25) is 0 Å². The molecule has 0 heterocycles. The SMILES string of the molecule is CCCCOc1cc(/C=C/C(=O)OCCOCC)ccc1OCCc1ccc(OS(C)(=O)=O)c(OC)c1. The zero-order valence-electron chi connectivity index (χ0n) is 21.9. The highest BCUT2D eigenvalue weighted by Crippen LogP contribution is 2.31. The molecule has 2 aromatic carbocycles. The van der Waals surface area contributed by atoms with Crippen molar-refractivity contribution in [2.75, 3.05) is 46.4 Å². The predicted molar refractivity (Wildman–Crippen MR) is 141 cm³/mol. The van der Waals surface area contributed by atoms with Gasteiger partial charge in [0.15, 0.2) is 23.0 Å². The Balaban J connectivity index is 2.04. The van der Waals surface area contributed by atoms with Crippen molar-refractivity contribution < 1.29 is 41.1 Å². The molecule has 204 valence electrons. The quantitative estimate of drug-likeness (QED) is 0.126. The number of carbonyl (C=O) groups excluding carboxylic acids is 1. The fourth-order valence-corrected chi connectivity index (χ4v) is 3.59. The first-order valence-electron chi connectivity index (χ1n) is 12.1. The van der Waals surface area contributed by atoms with Crippen molar-refractivity contribution in [2.24, 2.45) is 0 Å². The van der Waals surface area contributed by atoms with Gasteiger partial charge in [-0.3, -0.25) is 0 Å². The van der Waals surface area contributed by atoms with Crippen molar-refractivity contribution in [2.45, 2.75) is 33.1 Å². The third-order valence-electron chi connectivity index (χ3n) is 4.93. The standard InChI is InChI=1S/C27H36O9S/c1-5-7-15-33-26-20-21(10-13-27(28)35-18-17-32-6-2)8-11-23(26)34-16-14-22-9-12-24(25(19-22)31-3)36-37(4,29)30/h8-13,19-20H,5-7,14-18H2,1-4H3/b13-10+. The van der Waals surface area contributed by atoms with Gasteiger partial charge in [-0.05, 0) is 54.8 Å². The summed E-state index contributed by atoms with van der Waals surface area (Å²) in [7, 11) is -2.22. The lowest BCUT2D eigenvalue weighted by molar-refractivity contribution is -0.139. The molecule has 2 rings (SSSR count). The monoisotopic (exact) mass is 536 g/mol. The summed E-state index contributed by atoms with van der Waals surface area (Å²) >= 11 is 0.